The van der Waals surface area contributed by atoms with Gasteiger partial charge in [-0.1, -0.05) is 12.1 Å². The third-order valence-electron chi connectivity index (χ3n) is 4.42. The van der Waals surface area contributed by atoms with Crippen molar-refractivity contribution in [3.8, 4) is 6.07 Å². The summed E-state index contributed by atoms with van der Waals surface area (Å²) in [6.07, 6.45) is 5.40. The van der Waals surface area contributed by atoms with Crippen molar-refractivity contribution < 1.29 is 0 Å². The Morgan fingerprint density at radius 3 is 2.60 bits per heavy atom. The van der Waals surface area contributed by atoms with Crippen LogP contribution in [0.1, 0.15) is 36.8 Å². The van der Waals surface area contributed by atoms with E-state index in [9.17, 15) is 0 Å². The Hall–Kier alpha value is -1.37. The van der Waals surface area contributed by atoms with Crippen LogP contribution in [0.5, 0.6) is 0 Å². The first-order valence-corrected chi connectivity index (χ1v) is 7.79. The number of piperidine rings is 1. The average molecular weight is 269 g/mol. The van der Waals surface area contributed by atoms with Gasteiger partial charge in [-0.15, -0.1) is 0 Å². The Morgan fingerprint density at radius 1 is 1.20 bits per heavy atom. The number of hydrogen-bond donors (Lipinski definition) is 1. The van der Waals surface area contributed by atoms with Gasteiger partial charge in [0.25, 0.3) is 0 Å². The van der Waals surface area contributed by atoms with Crippen LogP contribution >= 0.6 is 0 Å². The van der Waals surface area contributed by atoms with Gasteiger partial charge in [0.1, 0.15) is 0 Å². The summed E-state index contributed by atoms with van der Waals surface area (Å²) >= 11 is 0. The number of benzene rings is 1. The summed E-state index contributed by atoms with van der Waals surface area (Å²) in [6.45, 7) is 4.62. The Bertz CT molecular complexity index is 464. The van der Waals surface area contributed by atoms with E-state index in [0.29, 0.717) is 0 Å². The second-order valence-corrected chi connectivity index (χ2v) is 6.18. The molecule has 106 valence electrons. The first-order valence-electron chi connectivity index (χ1n) is 7.79. The molecular formula is C17H23N3. The first kappa shape index (κ1) is 13.6. The van der Waals surface area contributed by atoms with Crippen LogP contribution in [0.2, 0.25) is 0 Å². The Balaban J connectivity index is 1.60. The Labute approximate surface area is 121 Å². The van der Waals surface area contributed by atoms with Crippen molar-refractivity contribution in [1.82, 2.24) is 10.2 Å². The maximum Gasteiger partial charge on any atom is 0.0991 e. The molecule has 1 aromatic rings. The van der Waals surface area contributed by atoms with Gasteiger partial charge >= 0.3 is 0 Å². The van der Waals surface area contributed by atoms with Gasteiger partial charge in [-0.3, -0.25) is 4.90 Å². The van der Waals surface area contributed by atoms with E-state index in [1.54, 1.807) is 0 Å². The molecule has 0 amide bonds. The van der Waals surface area contributed by atoms with E-state index in [0.717, 1.165) is 24.1 Å². The molecule has 2 aliphatic rings. The maximum atomic E-state index is 8.86. The van der Waals surface area contributed by atoms with Crippen LogP contribution in [0, 0.1) is 17.2 Å². The predicted octanol–water partition coefficient (Wildman–Crippen LogP) is 2.52. The molecule has 3 nitrogen and oxygen atoms in total. The van der Waals surface area contributed by atoms with Crippen molar-refractivity contribution in [3.63, 3.8) is 0 Å². The Morgan fingerprint density at radius 2 is 2.00 bits per heavy atom. The number of nitriles is 1. The standard InChI is InChI=1S/C17H23N3/c18-10-14-3-5-15(6-4-14)12-20(17-7-8-17)13-16-2-1-9-19-11-16/h3-6,16-17,19H,1-2,7-9,11-13H2. The van der Waals surface area contributed by atoms with Gasteiger partial charge in [-0.05, 0) is 62.4 Å². The summed E-state index contributed by atoms with van der Waals surface area (Å²) in [6, 6.07) is 11.1. The van der Waals surface area contributed by atoms with E-state index in [1.807, 2.05) is 12.1 Å². The van der Waals surface area contributed by atoms with E-state index in [-0.39, 0.29) is 0 Å². The fourth-order valence-corrected chi connectivity index (χ4v) is 3.11. The molecule has 1 saturated heterocycles. The molecule has 0 spiro atoms. The number of nitrogens with one attached hydrogen (secondary N) is 1. The predicted molar refractivity (Wildman–Crippen MR) is 80.2 cm³/mol. The van der Waals surface area contributed by atoms with Crippen LogP contribution in [0.25, 0.3) is 0 Å². The Kier molecular flexibility index (Phi) is 4.34. The summed E-state index contributed by atoms with van der Waals surface area (Å²) in [4.78, 5) is 2.65. The van der Waals surface area contributed by atoms with Gasteiger partial charge in [-0.2, -0.15) is 5.26 Å². The summed E-state index contributed by atoms with van der Waals surface area (Å²) in [7, 11) is 0. The van der Waals surface area contributed by atoms with Crippen molar-refractivity contribution in [3.05, 3.63) is 35.4 Å². The summed E-state index contributed by atoms with van der Waals surface area (Å²) in [5, 5.41) is 12.4. The van der Waals surface area contributed by atoms with Crippen LogP contribution in [-0.4, -0.2) is 30.6 Å². The van der Waals surface area contributed by atoms with Crippen LogP contribution in [0.3, 0.4) is 0 Å². The molecular weight excluding hydrogens is 246 g/mol. The fraction of sp³-hybridized carbons (Fsp3) is 0.588. The zero-order valence-corrected chi connectivity index (χ0v) is 12.0. The smallest absolute Gasteiger partial charge is 0.0991 e. The minimum atomic E-state index is 0.753. The van der Waals surface area contributed by atoms with Crippen molar-refractivity contribution in [1.29, 1.82) is 5.26 Å². The molecule has 0 radical (unpaired) electrons. The van der Waals surface area contributed by atoms with Crippen molar-refractivity contribution in [2.24, 2.45) is 5.92 Å². The molecule has 1 aromatic carbocycles. The van der Waals surface area contributed by atoms with Gasteiger partial charge < -0.3 is 5.32 Å². The lowest BCUT2D eigenvalue weighted by atomic mass is 9.98. The lowest BCUT2D eigenvalue weighted by Gasteiger charge is -2.30. The molecule has 1 aliphatic carbocycles. The van der Waals surface area contributed by atoms with Gasteiger partial charge in [0.2, 0.25) is 0 Å². The highest BCUT2D eigenvalue weighted by Crippen LogP contribution is 2.30. The van der Waals surface area contributed by atoms with Crippen molar-refractivity contribution in [2.75, 3.05) is 19.6 Å². The van der Waals surface area contributed by atoms with E-state index in [1.165, 1.54) is 50.9 Å². The molecule has 3 heteroatoms. The minimum absolute atomic E-state index is 0.753. The molecule has 1 atom stereocenters. The molecule has 2 fully saturated rings. The van der Waals surface area contributed by atoms with Crippen LogP contribution in [0.15, 0.2) is 24.3 Å². The fourth-order valence-electron chi connectivity index (χ4n) is 3.11. The minimum Gasteiger partial charge on any atom is -0.316 e. The van der Waals surface area contributed by atoms with Crippen LogP contribution in [-0.2, 0) is 6.54 Å². The zero-order chi connectivity index (χ0) is 13.8. The molecule has 20 heavy (non-hydrogen) atoms. The molecule has 1 N–H and O–H groups in total. The highest BCUT2D eigenvalue weighted by Gasteiger charge is 2.30. The van der Waals surface area contributed by atoms with E-state index < -0.39 is 0 Å². The molecule has 0 aromatic heterocycles. The van der Waals surface area contributed by atoms with Crippen LogP contribution in [0.4, 0.5) is 0 Å². The SMILES string of the molecule is N#Cc1ccc(CN(CC2CCCNC2)C2CC2)cc1. The van der Waals surface area contributed by atoms with Crippen molar-refractivity contribution >= 4 is 0 Å². The van der Waals surface area contributed by atoms with E-state index in [2.05, 4.69) is 28.4 Å². The third kappa shape index (κ3) is 3.59. The first-order chi connectivity index (χ1) is 9.85. The van der Waals surface area contributed by atoms with Gasteiger partial charge in [0.15, 0.2) is 0 Å². The molecule has 1 heterocycles. The van der Waals surface area contributed by atoms with Gasteiger partial charge in [0.05, 0.1) is 11.6 Å². The summed E-state index contributed by atoms with van der Waals surface area (Å²) in [5.74, 6) is 0.808. The third-order valence-corrected chi connectivity index (χ3v) is 4.42. The zero-order valence-electron chi connectivity index (χ0n) is 12.0. The van der Waals surface area contributed by atoms with E-state index >= 15 is 0 Å². The van der Waals surface area contributed by atoms with Gasteiger partial charge in [0, 0.05) is 19.1 Å². The quantitative estimate of drug-likeness (QED) is 0.892. The molecule has 1 aliphatic heterocycles. The lowest BCUT2D eigenvalue weighted by Crippen LogP contribution is -2.39. The number of nitrogens with zero attached hydrogens (tertiary/aromatic N) is 2. The molecule has 3 rings (SSSR count). The van der Waals surface area contributed by atoms with Crippen molar-refractivity contribution in [2.45, 2.75) is 38.3 Å². The topological polar surface area (TPSA) is 39.1 Å². The normalized spacial score (nSPS) is 22.7. The second kappa shape index (κ2) is 6.39. The van der Waals surface area contributed by atoms with E-state index in [4.69, 9.17) is 5.26 Å². The number of rotatable bonds is 5. The lowest BCUT2D eigenvalue weighted by molar-refractivity contribution is 0.193. The average Bonchev–Trinajstić information content (AvgIpc) is 3.33. The molecule has 1 saturated carbocycles. The second-order valence-electron chi connectivity index (χ2n) is 6.18. The van der Waals surface area contributed by atoms with Crippen LogP contribution < -0.4 is 5.32 Å². The maximum absolute atomic E-state index is 8.86. The summed E-state index contributed by atoms with van der Waals surface area (Å²) in [5.41, 5.74) is 2.09. The highest BCUT2D eigenvalue weighted by atomic mass is 15.2. The molecule has 1 unspecified atom stereocenters. The van der Waals surface area contributed by atoms with Gasteiger partial charge in [-0.25, -0.2) is 0 Å². The largest absolute Gasteiger partial charge is 0.316 e. The highest BCUT2D eigenvalue weighted by molar-refractivity contribution is 5.31. The monoisotopic (exact) mass is 269 g/mol. The molecule has 0 bridgehead atoms. The summed E-state index contributed by atoms with van der Waals surface area (Å²) < 4.78 is 0. The number of hydrogen-bond acceptors (Lipinski definition) is 3.